The lowest BCUT2D eigenvalue weighted by molar-refractivity contribution is 0.100. The van der Waals surface area contributed by atoms with Crippen molar-refractivity contribution in [3.63, 3.8) is 0 Å². The van der Waals surface area contributed by atoms with Gasteiger partial charge in [-0.2, -0.15) is 0 Å². The normalized spacial score (nSPS) is 10.8. The molecule has 0 saturated heterocycles. The number of ketones is 1. The number of aromatic nitrogens is 1. The van der Waals surface area contributed by atoms with Crippen molar-refractivity contribution in [2.24, 2.45) is 5.11 Å². The minimum absolute atomic E-state index is 0.320. The fraction of sp³-hybridized carbons (Fsp3) is 0.0588. The van der Waals surface area contributed by atoms with E-state index in [0.29, 0.717) is 37.2 Å². The van der Waals surface area contributed by atoms with Crippen molar-refractivity contribution >= 4 is 51.5 Å². The zero-order valence-electron chi connectivity index (χ0n) is 12.1. The van der Waals surface area contributed by atoms with Gasteiger partial charge in [-0.25, -0.2) is 4.98 Å². The molecule has 0 radical (unpaired) electrons. The zero-order valence-corrected chi connectivity index (χ0v) is 14.4. The first-order valence-electron chi connectivity index (χ1n) is 6.89. The maximum atomic E-state index is 12.3. The van der Waals surface area contributed by atoms with Crippen LogP contribution in [0.1, 0.15) is 10.4 Å². The SMILES string of the molecule is [N-]=NCC(=O)c1cc(-c2ccc(Cl)cc2)nc2cc(Cl)c(Cl)cc12. The van der Waals surface area contributed by atoms with E-state index in [1.807, 2.05) is 0 Å². The monoisotopic (exact) mass is 376 g/mol. The summed E-state index contributed by atoms with van der Waals surface area (Å²) >= 11 is 18.0. The average molecular weight is 378 g/mol. The van der Waals surface area contributed by atoms with Crippen molar-refractivity contribution < 1.29 is 4.79 Å². The number of fused-ring (bicyclic) bond motifs is 1. The van der Waals surface area contributed by atoms with Crippen LogP contribution >= 0.6 is 34.8 Å². The predicted molar refractivity (Wildman–Crippen MR) is 97.2 cm³/mol. The number of rotatable bonds is 4. The highest BCUT2D eigenvalue weighted by Gasteiger charge is 2.15. The van der Waals surface area contributed by atoms with Crippen molar-refractivity contribution in [2.75, 3.05) is 6.54 Å². The third kappa shape index (κ3) is 3.26. The van der Waals surface area contributed by atoms with Gasteiger partial charge in [0, 0.05) is 21.5 Å². The van der Waals surface area contributed by atoms with E-state index < -0.39 is 0 Å². The van der Waals surface area contributed by atoms with Crippen LogP contribution in [-0.2, 0) is 0 Å². The molecule has 0 unspecified atom stereocenters. The summed E-state index contributed by atoms with van der Waals surface area (Å²) in [5.41, 5.74) is 11.0. The van der Waals surface area contributed by atoms with E-state index in [0.717, 1.165) is 5.56 Å². The maximum Gasteiger partial charge on any atom is 0.182 e. The minimum atomic E-state index is -0.349. The van der Waals surface area contributed by atoms with Gasteiger partial charge in [-0.05, 0) is 30.3 Å². The summed E-state index contributed by atoms with van der Waals surface area (Å²) in [5, 5.41) is 4.74. The number of benzene rings is 2. The Hall–Kier alpha value is -2.01. The predicted octanol–water partition coefficient (Wildman–Crippen LogP) is 6.07. The van der Waals surface area contributed by atoms with Gasteiger partial charge in [-0.1, -0.05) is 46.9 Å². The Bertz CT molecular complexity index is 955. The summed E-state index contributed by atoms with van der Waals surface area (Å²) in [6.07, 6.45) is 0. The van der Waals surface area contributed by atoms with E-state index in [9.17, 15) is 4.79 Å². The van der Waals surface area contributed by atoms with Crippen LogP contribution < -0.4 is 0 Å². The van der Waals surface area contributed by atoms with Gasteiger partial charge in [0.1, 0.15) is 0 Å². The van der Waals surface area contributed by atoms with Gasteiger partial charge in [0.25, 0.3) is 0 Å². The average Bonchev–Trinajstić information content (AvgIpc) is 2.56. The molecule has 0 aliphatic heterocycles. The highest BCUT2D eigenvalue weighted by molar-refractivity contribution is 6.43. The molecule has 0 fully saturated rings. The molecule has 0 saturated carbocycles. The lowest BCUT2D eigenvalue weighted by Crippen LogP contribution is -2.05. The lowest BCUT2D eigenvalue weighted by atomic mass is 10.0. The van der Waals surface area contributed by atoms with Crippen LogP contribution in [0.15, 0.2) is 47.6 Å². The fourth-order valence-corrected chi connectivity index (χ4v) is 2.82. The van der Waals surface area contributed by atoms with Crippen LogP contribution in [0.4, 0.5) is 0 Å². The molecule has 3 rings (SSSR count). The molecule has 0 spiro atoms. The molecular weight excluding hydrogens is 369 g/mol. The smallest absolute Gasteiger partial charge is 0.182 e. The Kier molecular flexibility index (Phi) is 4.81. The van der Waals surface area contributed by atoms with Gasteiger partial charge in [0.05, 0.1) is 27.8 Å². The highest BCUT2D eigenvalue weighted by Crippen LogP contribution is 2.32. The van der Waals surface area contributed by atoms with E-state index >= 15 is 0 Å². The van der Waals surface area contributed by atoms with Crippen LogP contribution in [0, 0.1) is 0 Å². The molecule has 0 aliphatic rings. The first-order valence-corrected chi connectivity index (χ1v) is 8.03. The molecule has 24 heavy (non-hydrogen) atoms. The van der Waals surface area contributed by atoms with Gasteiger partial charge in [-0.3, -0.25) is 4.79 Å². The molecule has 1 heterocycles. The van der Waals surface area contributed by atoms with Crippen LogP contribution in [0.3, 0.4) is 0 Å². The largest absolute Gasteiger partial charge is 0.712 e. The second kappa shape index (κ2) is 6.85. The highest BCUT2D eigenvalue weighted by atomic mass is 35.5. The first kappa shape index (κ1) is 16.8. The van der Waals surface area contributed by atoms with Gasteiger partial charge in [0.2, 0.25) is 0 Å². The quantitative estimate of drug-likeness (QED) is 0.409. The number of halogens is 3. The molecule has 0 atom stereocenters. The Morgan fingerprint density at radius 1 is 1.04 bits per heavy atom. The van der Waals surface area contributed by atoms with E-state index in [4.69, 9.17) is 40.3 Å². The summed E-state index contributed by atoms with van der Waals surface area (Å²) in [4.78, 5) is 16.9. The van der Waals surface area contributed by atoms with E-state index in [-0.39, 0.29) is 12.3 Å². The van der Waals surface area contributed by atoms with Crippen LogP contribution in [0.5, 0.6) is 0 Å². The maximum absolute atomic E-state index is 12.3. The first-order chi connectivity index (χ1) is 11.5. The van der Waals surface area contributed by atoms with Crippen LogP contribution in [-0.4, -0.2) is 17.3 Å². The summed E-state index contributed by atoms with van der Waals surface area (Å²) in [5.74, 6) is -0.349. The van der Waals surface area contributed by atoms with Crippen LogP contribution in [0.2, 0.25) is 15.1 Å². The summed E-state index contributed by atoms with van der Waals surface area (Å²) in [6.45, 7) is -0.348. The molecule has 0 bridgehead atoms. The molecule has 1 aromatic heterocycles. The van der Waals surface area contributed by atoms with Crippen molar-refractivity contribution in [2.45, 2.75) is 0 Å². The van der Waals surface area contributed by atoms with Gasteiger partial charge in [0.15, 0.2) is 5.78 Å². The topological polar surface area (TPSA) is 64.6 Å². The summed E-state index contributed by atoms with van der Waals surface area (Å²) in [6, 6.07) is 11.9. The molecule has 0 N–H and O–H groups in total. The molecule has 120 valence electrons. The second-order valence-corrected chi connectivity index (χ2v) is 6.32. The van der Waals surface area contributed by atoms with Crippen LogP contribution in [0.25, 0.3) is 27.7 Å². The number of Topliss-reactive ketones (excluding diaryl/α,β-unsaturated/α-hetero) is 1. The summed E-state index contributed by atoms with van der Waals surface area (Å²) in [7, 11) is 0. The molecule has 3 aromatic rings. The number of carbonyl (C=O) groups is 1. The molecule has 2 aromatic carbocycles. The zero-order chi connectivity index (χ0) is 17.3. The molecule has 0 aliphatic carbocycles. The Balaban J connectivity index is 2.28. The van der Waals surface area contributed by atoms with Gasteiger partial charge >= 0.3 is 0 Å². The standard InChI is InChI=1S/C17H9Cl3N3O/c18-10-3-1-9(2-4-10)15-6-12(17(24)8-22-21)11-5-13(19)14(20)7-16(11)23-15/h1-7H,8H2/q-1. The Morgan fingerprint density at radius 3 is 2.38 bits per heavy atom. The minimum Gasteiger partial charge on any atom is -0.712 e. The number of hydrogen-bond donors (Lipinski definition) is 0. The molecule has 7 heteroatoms. The molecular formula is C17H9Cl3N3O-. The van der Waals surface area contributed by atoms with Gasteiger partial charge < -0.3 is 10.6 Å². The molecule has 0 amide bonds. The third-order valence-corrected chi connectivity index (χ3v) is 4.48. The van der Waals surface area contributed by atoms with E-state index in [1.165, 1.54) is 0 Å². The molecule has 4 nitrogen and oxygen atoms in total. The number of hydrogen-bond acceptors (Lipinski definition) is 3. The van der Waals surface area contributed by atoms with Crippen molar-refractivity contribution in [3.05, 3.63) is 68.6 Å². The third-order valence-electron chi connectivity index (χ3n) is 3.51. The summed E-state index contributed by atoms with van der Waals surface area (Å²) < 4.78 is 0. The number of carbonyl (C=O) groups excluding carboxylic acids is 1. The Labute approximate surface area is 152 Å². The van der Waals surface area contributed by atoms with Gasteiger partial charge in [-0.15, -0.1) is 0 Å². The fourth-order valence-electron chi connectivity index (χ4n) is 2.37. The lowest BCUT2D eigenvalue weighted by Gasteiger charge is -2.10. The number of pyridine rings is 1. The van der Waals surface area contributed by atoms with E-state index in [2.05, 4.69) is 10.1 Å². The second-order valence-electron chi connectivity index (χ2n) is 5.07. The van der Waals surface area contributed by atoms with Crippen molar-refractivity contribution in [1.82, 2.24) is 4.98 Å². The Morgan fingerprint density at radius 2 is 1.71 bits per heavy atom. The van der Waals surface area contributed by atoms with E-state index in [1.54, 1.807) is 42.5 Å². The number of nitrogens with zero attached hydrogens (tertiary/aromatic N) is 3. The van der Waals surface area contributed by atoms with Crippen molar-refractivity contribution in [3.8, 4) is 11.3 Å². The van der Waals surface area contributed by atoms with Crippen molar-refractivity contribution in [1.29, 1.82) is 0 Å².